The van der Waals surface area contributed by atoms with Crippen LogP contribution in [-0.4, -0.2) is 39.7 Å². The van der Waals surface area contributed by atoms with Gasteiger partial charge in [0.15, 0.2) is 5.82 Å². The lowest BCUT2D eigenvalue weighted by atomic mass is 10.0. The maximum absolute atomic E-state index is 13.5. The largest absolute Gasteiger partial charge is 0.343 e. The normalized spacial score (nSPS) is 15.3. The molecule has 0 atom stereocenters. The molecule has 2 aromatic heterocycles. The third kappa shape index (κ3) is 3.83. The molecule has 1 saturated heterocycles. The molecule has 1 N–H and O–H groups in total. The Morgan fingerprint density at radius 3 is 2.52 bits per heavy atom. The minimum absolute atomic E-state index is 0.119. The van der Waals surface area contributed by atoms with Crippen LogP contribution >= 0.6 is 0 Å². The molecule has 29 heavy (non-hydrogen) atoms. The number of carbonyl (C=O) groups is 1. The first-order valence-electron chi connectivity index (χ1n) is 9.37. The monoisotopic (exact) mass is 397 g/mol. The standard InChI is InChI=1S/C21H21F2N5O/c1-14(2)28-11-16(10-25-28)20(29)26-18-17(15-6-4-3-5-7-15)8-9-24-19(18)27-12-21(22,23)13-27/h3-11,14H,12-13H2,1-2H3,(H,26,29). The number of hydrogen-bond donors (Lipinski definition) is 1. The van der Waals surface area contributed by atoms with Gasteiger partial charge >= 0.3 is 0 Å². The molecular weight excluding hydrogens is 376 g/mol. The van der Waals surface area contributed by atoms with Crippen LogP contribution in [0.25, 0.3) is 11.1 Å². The van der Waals surface area contributed by atoms with Crippen molar-refractivity contribution in [1.29, 1.82) is 0 Å². The summed E-state index contributed by atoms with van der Waals surface area (Å²) < 4.78 is 28.6. The zero-order chi connectivity index (χ0) is 20.6. The summed E-state index contributed by atoms with van der Waals surface area (Å²) in [6.07, 6.45) is 4.72. The Balaban J connectivity index is 1.72. The van der Waals surface area contributed by atoms with Gasteiger partial charge in [0, 0.05) is 24.0 Å². The Kier molecular flexibility index (Phi) is 4.77. The fraction of sp³-hybridized carbons (Fsp3) is 0.286. The van der Waals surface area contributed by atoms with Crippen molar-refractivity contribution < 1.29 is 13.6 Å². The maximum atomic E-state index is 13.5. The van der Waals surface area contributed by atoms with Crippen LogP contribution in [0.1, 0.15) is 30.2 Å². The smallest absolute Gasteiger partial charge is 0.282 e. The highest BCUT2D eigenvalue weighted by atomic mass is 19.3. The van der Waals surface area contributed by atoms with Crippen molar-refractivity contribution in [3.8, 4) is 11.1 Å². The zero-order valence-electron chi connectivity index (χ0n) is 16.1. The molecular formula is C21H21F2N5O. The van der Waals surface area contributed by atoms with E-state index in [0.29, 0.717) is 17.1 Å². The number of amides is 1. The van der Waals surface area contributed by atoms with E-state index in [0.717, 1.165) is 11.1 Å². The summed E-state index contributed by atoms with van der Waals surface area (Å²) in [5.41, 5.74) is 2.38. The van der Waals surface area contributed by atoms with Crippen LogP contribution in [0.15, 0.2) is 55.0 Å². The number of pyridine rings is 1. The van der Waals surface area contributed by atoms with Crippen molar-refractivity contribution in [3.05, 3.63) is 60.6 Å². The number of anilines is 2. The topological polar surface area (TPSA) is 63.1 Å². The van der Waals surface area contributed by atoms with Crippen molar-refractivity contribution in [1.82, 2.24) is 14.8 Å². The van der Waals surface area contributed by atoms with E-state index in [1.807, 2.05) is 44.2 Å². The van der Waals surface area contributed by atoms with E-state index in [1.54, 1.807) is 23.1 Å². The Morgan fingerprint density at radius 1 is 1.17 bits per heavy atom. The third-order valence-corrected chi connectivity index (χ3v) is 4.79. The molecule has 1 aliphatic heterocycles. The number of benzene rings is 1. The van der Waals surface area contributed by atoms with Gasteiger partial charge in [-0.05, 0) is 25.5 Å². The van der Waals surface area contributed by atoms with Crippen LogP contribution in [0.2, 0.25) is 0 Å². The fourth-order valence-corrected chi connectivity index (χ4v) is 3.26. The summed E-state index contributed by atoms with van der Waals surface area (Å²) in [6, 6.07) is 11.3. The van der Waals surface area contributed by atoms with Crippen molar-refractivity contribution in [2.45, 2.75) is 25.8 Å². The van der Waals surface area contributed by atoms with E-state index in [9.17, 15) is 13.6 Å². The highest BCUT2D eigenvalue weighted by Gasteiger charge is 2.45. The van der Waals surface area contributed by atoms with Gasteiger partial charge in [0.2, 0.25) is 0 Å². The number of aromatic nitrogens is 3. The molecule has 1 amide bonds. The summed E-state index contributed by atoms with van der Waals surface area (Å²) in [7, 11) is 0. The molecule has 0 bridgehead atoms. The molecule has 3 aromatic rings. The lowest BCUT2D eigenvalue weighted by molar-refractivity contribution is -0.0266. The molecule has 0 radical (unpaired) electrons. The van der Waals surface area contributed by atoms with Gasteiger partial charge in [-0.1, -0.05) is 30.3 Å². The molecule has 0 unspecified atom stereocenters. The van der Waals surface area contributed by atoms with E-state index in [1.165, 1.54) is 11.1 Å². The van der Waals surface area contributed by atoms with Gasteiger partial charge in [-0.2, -0.15) is 5.10 Å². The highest BCUT2D eigenvalue weighted by Crippen LogP contribution is 2.39. The van der Waals surface area contributed by atoms with Crippen molar-refractivity contribution in [2.24, 2.45) is 0 Å². The number of nitrogens with zero attached hydrogens (tertiary/aromatic N) is 4. The molecule has 1 aliphatic rings. The third-order valence-electron chi connectivity index (χ3n) is 4.79. The average Bonchev–Trinajstić information content (AvgIpc) is 3.18. The molecule has 3 heterocycles. The minimum Gasteiger partial charge on any atom is -0.343 e. The van der Waals surface area contributed by atoms with Crippen molar-refractivity contribution in [3.63, 3.8) is 0 Å². The lowest BCUT2D eigenvalue weighted by Crippen LogP contribution is -2.56. The second kappa shape index (κ2) is 7.27. The van der Waals surface area contributed by atoms with Gasteiger partial charge in [-0.15, -0.1) is 0 Å². The van der Waals surface area contributed by atoms with E-state index in [4.69, 9.17) is 0 Å². The SMILES string of the molecule is CC(C)n1cc(C(=O)Nc2c(-c3ccccc3)ccnc2N2CC(F)(F)C2)cn1. The van der Waals surface area contributed by atoms with Crippen LogP contribution in [0.4, 0.5) is 20.3 Å². The number of halogens is 2. The molecule has 1 aromatic carbocycles. The van der Waals surface area contributed by atoms with E-state index in [-0.39, 0.29) is 11.9 Å². The average molecular weight is 397 g/mol. The number of rotatable bonds is 5. The van der Waals surface area contributed by atoms with Crippen LogP contribution in [0, 0.1) is 0 Å². The van der Waals surface area contributed by atoms with Crippen LogP contribution in [0.3, 0.4) is 0 Å². The first-order valence-corrected chi connectivity index (χ1v) is 9.37. The molecule has 1 fully saturated rings. The Morgan fingerprint density at radius 2 is 1.90 bits per heavy atom. The molecule has 0 saturated carbocycles. The molecule has 8 heteroatoms. The number of carbonyl (C=O) groups excluding carboxylic acids is 1. The predicted octanol–water partition coefficient (Wildman–Crippen LogP) is 4.23. The predicted molar refractivity (Wildman–Crippen MR) is 107 cm³/mol. The first kappa shape index (κ1) is 19.0. The van der Waals surface area contributed by atoms with E-state index >= 15 is 0 Å². The van der Waals surface area contributed by atoms with Crippen LogP contribution in [-0.2, 0) is 0 Å². The second-order valence-electron chi connectivity index (χ2n) is 7.39. The van der Waals surface area contributed by atoms with Gasteiger partial charge in [-0.25, -0.2) is 13.8 Å². The second-order valence-corrected chi connectivity index (χ2v) is 7.39. The Hall–Kier alpha value is -3.29. The summed E-state index contributed by atoms with van der Waals surface area (Å²) in [6.45, 7) is 3.08. The zero-order valence-corrected chi connectivity index (χ0v) is 16.1. The summed E-state index contributed by atoms with van der Waals surface area (Å²) in [5, 5.41) is 7.07. The van der Waals surface area contributed by atoms with Gasteiger partial charge in [-0.3, -0.25) is 9.48 Å². The van der Waals surface area contributed by atoms with E-state index < -0.39 is 19.0 Å². The molecule has 150 valence electrons. The fourth-order valence-electron chi connectivity index (χ4n) is 3.26. The quantitative estimate of drug-likeness (QED) is 0.700. The van der Waals surface area contributed by atoms with Gasteiger partial charge in [0.05, 0.1) is 30.5 Å². The maximum Gasteiger partial charge on any atom is 0.282 e. The summed E-state index contributed by atoms with van der Waals surface area (Å²) in [4.78, 5) is 18.6. The van der Waals surface area contributed by atoms with Gasteiger partial charge in [0.25, 0.3) is 11.8 Å². The molecule has 6 nitrogen and oxygen atoms in total. The summed E-state index contributed by atoms with van der Waals surface area (Å²) in [5.74, 6) is -2.78. The highest BCUT2D eigenvalue weighted by molar-refractivity contribution is 6.08. The van der Waals surface area contributed by atoms with Crippen LogP contribution in [0.5, 0.6) is 0 Å². The molecule has 0 aliphatic carbocycles. The first-order chi connectivity index (χ1) is 13.8. The lowest BCUT2D eigenvalue weighted by Gasteiger charge is -2.40. The Labute approximate surface area is 167 Å². The number of nitrogens with one attached hydrogen (secondary N) is 1. The van der Waals surface area contributed by atoms with Gasteiger partial charge in [0.1, 0.15) is 0 Å². The van der Waals surface area contributed by atoms with Crippen LogP contribution < -0.4 is 10.2 Å². The molecule has 0 spiro atoms. The van der Waals surface area contributed by atoms with Crippen molar-refractivity contribution in [2.75, 3.05) is 23.3 Å². The van der Waals surface area contributed by atoms with Gasteiger partial charge < -0.3 is 10.2 Å². The van der Waals surface area contributed by atoms with E-state index in [2.05, 4.69) is 15.4 Å². The Bertz CT molecular complexity index is 1020. The minimum atomic E-state index is -2.75. The number of alkyl halides is 2. The summed E-state index contributed by atoms with van der Waals surface area (Å²) >= 11 is 0. The number of hydrogen-bond acceptors (Lipinski definition) is 4. The molecule has 4 rings (SSSR count). The van der Waals surface area contributed by atoms with Crippen molar-refractivity contribution >= 4 is 17.4 Å².